The van der Waals surface area contributed by atoms with Crippen molar-refractivity contribution >= 4 is 11.4 Å². The predicted octanol–water partition coefficient (Wildman–Crippen LogP) is 8.22. The zero-order valence-electron chi connectivity index (χ0n) is 24.8. The van der Waals surface area contributed by atoms with Gasteiger partial charge in [0.2, 0.25) is 0 Å². The van der Waals surface area contributed by atoms with Crippen LogP contribution in [0.3, 0.4) is 0 Å². The maximum Gasteiger partial charge on any atom is 0.163 e. The van der Waals surface area contributed by atoms with E-state index in [1.165, 1.54) is 12.0 Å². The van der Waals surface area contributed by atoms with E-state index >= 15 is 0 Å². The van der Waals surface area contributed by atoms with Gasteiger partial charge in [0.25, 0.3) is 0 Å². The Morgan fingerprint density at radius 2 is 1.85 bits per heavy atom. The molecule has 6 atom stereocenters. The Labute approximate surface area is 236 Å². The molecular formula is C35H50O4. The number of Topliss-reactive ketones (excluding diaryl/α,β-unsaturated/α-hetero) is 1. The van der Waals surface area contributed by atoms with Crippen LogP contribution in [0.15, 0.2) is 42.0 Å². The fraction of sp³-hybridized carbons (Fsp3) is 0.629. The Balaban J connectivity index is 1.75. The van der Waals surface area contributed by atoms with E-state index in [4.69, 9.17) is 4.74 Å². The van der Waals surface area contributed by atoms with Crippen LogP contribution in [0, 0.1) is 23.7 Å². The maximum atomic E-state index is 14.0. The van der Waals surface area contributed by atoms with Crippen molar-refractivity contribution < 1.29 is 19.7 Å². The van der Waals surface area contributed by atoms with Gasteiger partial charge in [0.15, 0.2) is 5.78 Å². The molecule has 2 fully saturated rings. The van der Waals surface area contributed by atoms with Gasteiger partial charge in [0, 0.05) is 12.0 Å². The standard InChI is InChI=1S/C35H50O4/c1-6-28-18-31-30(19-32(28)37)29(22-36)10-8-9-23(3)15-24(4)11-12-26-16-27(17-33(31)38)21-35(20-26)14-13-25(5)34(7-2)39-35/h8-11,18-19,23,25-27,34,36-37H,6-7,12-17,20-22H2,1-5H3/b9-8+,24-11+,29-10+/t23-,25-,26+,27+,34+,35-/m0/s1. The molecule has 2 bridgehead atoms. The van der Waals surface area contributed by atoms with Crippen molar-refractivity contribution in [1.82, 2.24) is 0 Å². The van der Waals surface area contributed by atoms with Gasteiger partial charge < -0.3 is 14.9 Å². The molecule has 0 unspecified atom stereocenters. The lowest BCUT2D eigenvalue weighted by Crippen LogP contribution is -2.49. The number of hydrogen-bond donors (Lipinski definition) is 2. The highest BCUT2D eigenvalue weighted by Gasteiger charge is 2.46. The minimum absolute atomic E-state index is 0.104. The molecule has 1 heterocycles. The van der Waals surface area contributed by atoms with Crippen LogP contribution in [0.1, 0.15) is 114 Å². The maximum absolute atomic E-state index is 14.0. The van der Waals surface area contributed by atoms with Gasteiger partial charge in [0.1, 0.15) is 5.75 Å². The molecule has 3 aliphatic rings. The second kappa shape index (κ2) is 13.0. The fourth-order valence-corrected chi connectivity index (χ4v) is 7.47. The molecule has 1 aliphatic heterocycles. The van der Waals surface area contributed by atoms with E-state index in [1.54, 1.807) is 6.07 Å². The molecule has 1 saturated carbocycles. The lowest BCUT2D eigenvalue weighted by Gasteiger charge is -2.50. The summed E-state index contributed by atoms with van der Waals surface area (Å²) in [5, 5.41) is 21.0. The second-order valence-corrected chi connectivity index (χ2v) is 12.8. The average molecular weight is 535 g/mol. The summed E-state index contributed by atoms with van der Waals surface area (Å²) in [5.74, 6) is 2.00. The number of carbonyl (C=O) groups is 1. The number of ketones is 1. The van der Waals surface area contributed by atoms with E-state index in [-0.39, 0.29) is 29.7 Å². The number of phenols is 1. The monoisotopic (exact) mass is 534 g/mol. The zero-order valence-corrected chi connectivity index (χ0v) is 24.8. The number of aryl methyl sites for hydroxylation is 1. The summed E-state index contributed by atoms with van der Waals surface area (Å²) >= 11 is 0. The quantitative estimate of drug-likeness (QED) is 0.383. The average Bonchev–Trinajstić information content (AvgIpc) is 2.90. The van der Waals surface area contributed by atoms with Gasteiger partial charge in [-0.2, -0.15) is 0 Å². The third kappa shape index (κ3) is 7.13. The number of aliphatic hydroxyl groups excluding tert-OH is 1. The van der Waals surface area contributed by atoms with Gasteiger partial charge in [-0.15, -0.1) is 0 Å². The molecule has 4 rings (SSSR count). The summed E-state index contributed by atoms with van der Waals surface area (Å²) in [7, 11) is 0. The molecule has 39 heavy (non-hydrogen) atoms. The van der Waals surface area contributed by atoms with Crippen LogP contribution in [-0.4, -0.2) is 34.3 Å². The molecule has 4 heteroatoms. The van der Waals surface area contributed by atoms with Crippen molar-refractivity contribution in [1.29, 1.82) is 0 Å². The number of aliphatic hydroxyl groups is 1. The first kappa shape index (κ1) is 29.8. The largest absolute Gasteiger partial charge is 0.508 e. The highest BCUT2D eigenvalue weighted by atomic mass is 16.5. The van der Waals surface area contributed by atoms with Gasteiger partial charge in [-0.1, -0.05) is 57.6 Å². The number of carbonyl (C=O) groups excluding carboxylic acids is 1. The Morgan fingerprint density at radius 3 is 2.56 bits per heavy atom. The number of phenolic OH excluding ortho intramolecular Hbond substituents is 1. The summed E-state index contributed by atoms with van der Waals surface area (Å²) in [6, 6.07) is 3.55. The normalized spacial score (nSPS) is 35.9. The first-order valence-corrected chi connectivity index (χ1v) is 15.4. The highest BCUT2D eigenvalue weighted by molar-refractivity contribution is 6.01. The molecule has 2 aliphatic carbocycles. The van der Waals surface area contributed by atoms with Crippen molar-refractivity contribution in [2.75, 3.05) is 6.61 Å². The van der Waals surface area contributed by atoms with E-state index in [0.29, 0.717) is 53.4 Å². The summed E-state index contributed by atoms with van der Waals surface area (Å²) < 4.78 is 6.94. The Morgan fingerprint density at radius 1 is 1.08 bits per heavy atom. The Bertz CT molecular complexity index is 1110. The van der Waals surface area contributed by atoms with Crippen LogP contribution in [0.2, 0.25) is 0 Å². The van der Waals surface area contributed by atoms with E-state index in [1.807, 2.05) is 25.1 Å². The molecule has 4 nitrogen and oxygen atoms in total. The van der Waals surface area contributed by atoms with E-state index in [2.05, 4.69) is 39.8 Å². The van der Waals surface area contributed by atoms with E-state index in [9.17, 15) is 15.0 Å². The number of rotatable bonds is 3. The van der Waals surface area contributed by atoms with E-state index < -0.39 is 0 Å². The first-order chi connectivity index (χ1) is 18.7. The van der Waals surface area contributed by atoms with Crippen molar-refractivity contribution in [3.05, 3.63) is 58.7 Å². The number of allylic oxidation sites excluding steroid dienone is 5. The van der Waals surface area contributed by atoms with Gasteiger partial charge in [-0.05, 0) is 117 Å². The highest BCUT2D eigenvalue weighted by Crippen LogP contribution is 2.49. The molecule has 1 saturated heterocycles. The second-order valence-electron chi connectivity index (χ2n) is 12.8. The number of hydrogen-bond acceptors (Lipinski definition) is 4. The van der Waals surface area contributed by atoms with E-state index in [0.717, 1.165) is 50.5 Å². The lowest BCUT2D eigenvalue weighted by molar-refractivity contribution is -0.181. The SMILES string of the molecule is CCc1cc2c(cc1O)/C(CO)=C/C=C/[C@H](C)C/C(C)=C/C[C@@H]1C[C@H](CC2=O)C[C@]2(CC[C@H](C)[C@@H](CC)O2)C1. The molecule has 1 spiro atoms. The molecule has 0 aromatic heterocycles. The molecular weight excluding hydrogens is 484 g/mol. The summed E-state index contributed by atoms with van der Waals surface area (Å²) in [6.07, 6.45) is 18.3. The number of benzene rings is 1. The van der Waals surface area contributed by atoms with Crippen LogP contribution >= 0.6 is 0 Å². The minimum Gasteiger partial charge on any atom is -0.508 e. The van der Waals surface area contributed by atoms with Crippen molar-refractivity contribution in [3.63, 3.8) is 0 Å². The van der Waals surface area contributed by atoms with Crippen LogP contribution in [0.4, 0.5) is 0 Å². The van der Waals surface area contributed by atoms with Gasteiger partial charge in [-0.3, -0.25) is 4.79 Å². The third-order valence-corrected chi connectivity index (χ3v) is 9.55. The predicted molar refractivity (Wildman–Crippen MR) is 160 cm³/mol. The summed E-state index contributed by atoms with van der Waals surface area (Å²) in [4.78, 5) is 14.0. The summed E-state index contributed by atoms with van der Waals surface area (Å²) in [6.45, 7) is 10.8. The Hall–Kier alpha value is -2.17. The van der Waals surface area contributed by atoms with Crippen molar-refractivity contribution in [2.24, 2.45) is 23.7 Å². The zero-order chi connectivity index (χ0) is 28.2. The third-order valence-electron chi connectivity index (χ3n) is 9.55. The number of fused-ring (bicyclic) bond motifs is 3. The Kier molecular flexibility index (Phi) is 9.93. The molecule has 1 aromatic carbocycles. The summed E-state index contributed by atoms with van der Waals surface area (Å²) in [5.41, 5.74) is 3.97. The molecule has 0 amide bonds. The smallest absolute Gasteiger partial charge is 0.163 e. The van der Waals surface area contributed by atoms with Crippen LogP contribution in [-0.2, 0) is 11.2 Å². The molecule has 1 aromatic rings. The lowest BCUT2D eigenvalue weighted by atomic mass is 9.66. The van der Waals surface area contributed by atoms with Gasteiger partial charge in [0.05, 0.1) is 18.3 Å². The molecule has 2 N–H and O–H groups in total. The number of aromatic hydroxyl groups is 1. The van der Waals surface area contributed by atoms with Crippen molar-refractivity contribution in [2.45, 2.75) is 111 Å². The van der Waals surface area contributed by atoms with Gasteiger partial charge >= 0.3 is 0 Å². The topological polar surface area (TPSA) is 66.8 Å². The van der Waals surface area contributed by atoms with Gasteiger partial charge in [-0.25, -0.2) is 0 Å². The fourth-order valence-electron chi connectivity index (χ4n) is 7.47. The van der Waals surface area contributed by atoms with Crippen molar-refractivity contribution in [3.8, 4) is 5.75 Å². The molecule has 0 radical (unpaired) electrons. The van der Waals surface area contributed by atoms with Crippen LogP contribution < -0.4 is 0 Å². The number of ether oxygens (including phenoxy) is 1. The molecule has 214 valence electrons. The van der Waals surface area contributed by atoms with Crippen LogP contribution in [0.5, 0.6) is 5.75 Å². The first-order valence-electron chi connectivity index (χ1n) is 15.4. The van der Waals surface area contributed by atoms with Crippen LogP contribution in [0.25, 0.3) is 5.57 Å². The minimum atomic E-state index is -0.193.